The Morgan fingerprint density at radius 3 is 2.71 bits per heavy atom. The molecule has 0 aliphatic carbocycles. The second-order valence-electron chi connectivity index (χ2n) is 6.83. The van der Waals surface area contributed by atoms with E-state index in [1.165, 1.54) is 12.3 Å². The molecule has 0 saturated carbocycles. The van der Waals surface area contributed by atoms with E-state index in [0.717, 1.165) is 24.2 Å². The zero-order valence-corrected chi connectivity index (χ0v) is 15.5. The van der Waals surface area contributed by atoms with Crippen molar-refractivity contribution in [1.82, 2.24) is 4.90 Å². The van der Waals surface area contributed by atoms with E-state index in [1.54, 1.807) is 11.0 Å². The molecule has 1 aliphatic heterocycles. The molecule has 0 atom stereocenters. The molecule has 0 radical (unpaired) electrons. The fraction of sp³-hybridized carbons (Fsp3) is 0.273. The van der Waals surface area contributed by atoms with Crippen LogP contribution < -0.4 is 10.3 Å². The van der Waals surface area contributed by atoms with Crippen molar-refractivity contribution in [3.8, 4) is 0 Å². The monoisotopic (exact) mass is 378 g/mol. The lowest BCUT2D eigenvalue weighted by molar-refractivity contribution is 0.0986. The average molecular weight is 378 g/mol. The first-order valence-electron chi connectivity index (χ1n) is 9.43. The summed E-state index contributed by atoms with van der Waals surface area (Å²) in [5, 5.41) is 0.576. The Kier molecular flexibility index (Phi) is 5.28. The van der Waals surface area contributed by atoms with Crippen LogP contribution in [0.25, 0.3) is 11.0 Å². The van der Waals surface area contributed by atoms with Crippen LogP contribution in [-0.4, -0.2) is 37.2 Å². The van der Waals surface area contributed by atoms with E-state index < -0.39 is 0 Å². The minimum Gasteiger partial charge on any atom is -0.464 e. The van der Waals surface area contributed by atoms with Crippen LogP contribution in [-0.2, 0) is 11.3 Å². The fourth-order valence-corrected chi connectivity index (χ4v) is 3.44. The van der Waals surface area contributed by atoms with Gasteiger partial charge in [0.15, 0.2) is 5.43 Å². The molecule has 4 rings (SSSR count). The topological polar surface area (TPSA) is 63.0 Å². The largest absolute Gasteiger partial charge is 0.464 e. The normalized spacial score (nSPS) is 14.7. The van der Waals surface area contributed by atoms with Crippen molar-refractivity contribution in [3.63, 3.8) is 0 Å². The fourth-order valence-electron chi connectivity index (χ4n) is 3.44. The molecule has 6 nitrogen and oxygen atoms in total. The number of amides is 1. The Balaban J connectivity index is 1.39. The predicted octanol–water partition coefficient (Wildman–Crippen LogP) is 3.64. The summed E-state index contributed by atoms with van der Waals surface area (Å²) in [6.45, 7) is 3.05. The summed E-state index contributed by atoms with van der Waals surface area (Å²) in [6.07, 6.45) is 1.98. The Morgan fingerprint density at radius 1 is 1.00 bits per heavy atom. The predicted molar refractivity (Wildman–Crippen MR) is 108 cm³/mol. The molecule has 2 heterocycles. The Bertz CT molecular complexity index is 1020. The van der Waals surface area contributed by atoms with Gasteiger partial charge in [0.1, 0.15) is 12.2 Å². The summed E-state index contributed by atoms with van der Waals surface area (Å²) in [5.74, 6) is 0. The molecule has 144 valence electrons. The van der Waals surface area contributed by atoms with E-state index in [1.807, 2.05) is 42.5 Å². The van der Waals surface area contributed by atoms with Gasteiger partial charge in [0.2, 0.25) is 0 Å². The second kappa shape index (κ2) is 8.17. The van der Waals surface area contributed by atoms with Gasteiger partial charge in [0.05, 0.1) is 11.6 Å². The number of benzene rings is 2. The van der Waals surface area contributed by atoms with Crippen molar-refractivity contribution in [2.75, 3.05) is 31.1 Å². The minimum absolute atomic E-state index is 0.0454. The van der Waals surface area contributed by atoms with E-state index in [-0.39, 0.29) is 18.1 Å². The third-order valence-corrected chi connectivity index (χ3v) is 4.97. The molecule has 0 unspecified atom stereocenters. The van der Waals surface area contributed by atoms with E-state index in [4.69, 9.17) is 9.15 Å². The van der Waals surface area contributed by atoms with Crippen LogP contribution in [0.15, 0.2) is 70.1 Å². The smallest absolute Gasteiger partial charge is 0.410 e. The van der Waals surface area contributed by atoms with E-state index in [2.05, 4.69) is 4.90 Å². The summed E-state index contributed by atoms with van der Waals surface area (Å²) < 4.78 is 10.9. The third kappa shape index (κ3) is 4.01. The highest BCUT2D eigenvalue weighted by Crippen LogP contribution is 2.22. The molecule has 1 aromatic heterocycles. The number of hydrogen-bond donors (Lipinski definition) is 0. The summed E-state index contributed by atoms with van der Waals surface area (Å²) >= 11 is 0. The first kappa shape index (κ1) is 18.1. The molecule has 1 fully saturated rings. The van der Waals surface area contributed by atoms with Gasteiger partial charge >= 0.3 is 6.09 Å². The van der Waals surface area contributed by atoms with Gasteiger partial charge in [-0.1, -0.05) is 30.3 Å². The lowest BCUT2D eigenvalue weighted by Gasteiger charge is -2.23. The molecule has 3 aromatic rings. The van der Waals surface area contributed by atoms with Crippen molar-refractivity contribution in [2.45, 2.75) is 13.0 Å². The average Bonchev–Trinajstić information content (AvgIpc) is 2.99. The highest BCUT2D eigenvalue weighted by molar-refractivity contribution is 5.80. The van der Waals surface area contributed by atoms with Crippen molar-refractivity contribution in [1.29, 1.82) is 0 Å². The van der Waals surface area contributed by atoms with Crippen LogP contribution in [0.4, 0.5) is 10.5 Å². The van der Waals surface area contributed by atoms with Gasteiger partial charge in [-0.2, -0.15) is 0 Å². The maximum absolute atomic E-state index is 12.4. The number of rotatable bonds is 3. The number of hydrogen-bond acceptors (Lipinski definition) is 5. The van der Waals surface area contributed by atoms with Gasteiger partial charge in [0, 0.05) is 44.0 Å². The van der Waals surface area contributed by atoms with E-state index in [9.17, 15) is 9.59 Å². The van der Waals surface area contributed by atoms with Crippen LogP contribution in [0.1, 0.15) is 12.0 Å². The molecule has 2 aromatic carbocycles. The molecule has 28 heavy (non-hydrogen) atoms. The standard InChI is InChI=1S/C22H22N2O4/c25-20-9-14-27-21-15-18(7-8-19(20)21)23-10-4-11-24(13-12-23)22(26)28-16-17-5-2-1-3-6-17/h1-3,5-9,14-15H,4,10-13,16H2. The molecular formula is C22H22N2O4. The molecular weight excluding hydrogens is 356 g/mol. The Hall–Kier alpha value is -3.28. The molecule has 1 aliphatic rings. The quantitative estimate of drug-likeness (QED) is 0.696. The molecule has 1 amide bonds. The minimum atomic E-state index is -0.282. The van der Waals surface area contributed by atoms with Crippen molar-refractivity contribution in [3.05, 3.63) is 76.6 Å². The maximum atomic E-state index is 12.4. The third-order valence-electron chi connectivity index (χ3n) is 4.97. The maximum Gasteiger partial charge on any atom is 0.410 e. The first-order valence-corrected chi connectivity index (χ1v) is 9.43. The SMILES string of the molecule is O=C(OCc1ccccc1)N1CCCN(c2ccc3c(=O)ccoc3c2)CC1. The van der Waals surface area contributed by atoms with Crippen molar-refractivity contribution in [2.24, 2.45) is 0 Å². The van der Waals surface area contributed by atoms with Gasteiger partial charge < -0.3 is 19.0 Å². The highest BCUT2D eigenvalue weighted by atomic mass is 16.6. The van der Waals surface area contributed by atoms with Crippen molar-refractivity contribution < 1.29 is 13.9 Å². The van der Waals surface area contributed by atoms with Gasteiger partial charge in [-0.3, -0.25) is 4.79 Å². The first-order chi connectivity index (χ1) is 13.7. The molecule has 0 spiro atoms. The van der Waals surface area contributed by atoms with Crippen LogP contribution >= 0.6 is 0 Å². The zero-order valence-electron chi connectivity index (χ0n) is 15.5. The van der Waals surface area contributed by atoms with Crippen LogP contribution in [0.5, 0.6) is 0 Å². The lowest BCUT2D eigenvalue weighted by atomic mass is 10.2. The van der Waals surface area contributed by atoms with Crippen molar-refractivity contribution >= 4 is 22.7 Å². The van der Waals surface area contributed by atoms with Gasteiger partial charge in [0.25, 0.3) is 0 Å². The number of nitrogens with zero attached hydrogens (tertiary/aromatic N) is 2. The number of carbonyl (C=O) groups is 1. The number of ether oxygens (including phenoxy) is 1. The molecule has 6 heteroatoms. The molecule has 1 saturated heterocycles. The second-order valence-corrected chi connectivity index (χ2v) is 6.83. The summed E-state index contributed by atoms with van der Waals surface area (Å²) in [7, 11) is 0. The highest BCUT2D eigenvalue weighted by Gasteiger charge is 2.21. The van der Waals surface area contributed by atoms with Gasteiger partial charge in [-0.05, 0) is 24.1 Å². The van der Waals surface area contributed by atoms with Gasteiger partial charge in [-0.25, -0.2) is 4.79 Å². The molecule has 0 N–H and O–H groups in total. The zero-order chi connectivity index (χ0) is 19.3. The Labute approximate surface area is 162 Å². The van der Waals surface area contributed by atoms with Crippen LogP contribution in [0.2, 0.25) is 0 Å². The van der Waals surface area contributed by atoms with E-state index in [0.29, 0.717) is 30.6 Å². The van der Waals surface area contributed by atoms with E-state index >= 15 is 0 Å². The number of anilines is 1. The number of carbonyl (C=O) groups excluding carboxylic acids is 1. The van der Waals surface area contributed by atoms with Crippen LogP contribution in [0, 0.1) is 0 Å². The lowest BCUT2D eigenvalue weighted by Crippen LogP contribution is -2.35. The Morgan fingerprint density at radius 2 is 1.86 bits per heavy atom. The van der Waals surface area contributed by atoms with Crippen LogP contribution in [0.3, 0.4) is 0 Å². The summed E-state index contributed by atoms with van der Waals surface area (Å²) in [5.41, 5.74) is 2.50. The number of fused-ring (bicyclic) bond motifs is 1. The van der Waals surface area contributed by atoms with Gasteiger partial charge in [-0.15, -0.1) is 0 Å². The summed E-state index contributed by atoms with van der Waals surface area (Å²) in [4.78, 5) is 28.2. The summed E-state index contributed by atoms with van der Waals surface area (Å²) in [6, 6.07) is 16.7. The molecule has 0 bridgehead atoms.